The molecule has 1 aliphatic carbocycles. The molecule has 0 saturated heterocycles. The Morgan fingerprint density at radius 2 is 1.59 bits per heavy atom. The number of hydrogen-bond donors (Lipinski definition) is 2. The number of hydrogen-bond acceptors (Lipinski definition) is 4. The predicted molar refractivity (Wildman–Crippen MR) is 115 cm³/mol. The first kappa shape index (κ1) is 22.1. The first-order valence-corrected chi connectivity index (χ1v) is 8.52. The molecule has 0 radical (unpaired) electrons. The SMILES string of the molecule is C.C/C1=C/C/C=C(/N(N)c2ccccc2)C(N)C=C1.O=Cc1ccccc1. The van der Waals surface area contributed by atoms with Crippen LogP contribution in [-0.2, 0) is 0 Å². The Hall–Kier alpha value is -2.95. The molecule has 2 aromatic rings. The lowest BCUT2D eigenvalue weighted by Crippen LogP contribution is -2.39. The molecule has 0 heterocycles. The summed E-state index contributed by atoms with van der Waals surface area (Å²) < 4.78 is 0. The summed E-state index contributed by atoms with van der Waals surface area (Å²) in [6.07, 6.45) is 9.92. The van der Waals surface area contributed by atoms with E-state index in [9.17, 15) is 4.79 Å². The van der Waals surface area contributed by atoms with Crippen LogP contribution in [-0.4, -0.2) is 12.3 Å². The molecule has 0 saturated carbocycles. The number of nitrogens with zero attached hydrogens (tertiary/aromatic N) is 1. The van der Waals surface area contributed by atoms with E-state index in [2.05, 4.69) is 19.1 Å². The van der Waals surface area contributed by atoms with Crippen LogP contribution in [0.5, 0.6) is 0 Å². The number of benzene rings is 2. The molecule has 4 heteroatoms. The maximum Gasteiger partial charge on any atom is 0.150 e. The maximum absolute atomic E-state index is 10.0. The van der Waals surface area contributed by atoms with E-state index in [4.69, 9.17) is 11.6 Å². The van der Waals surface area contributed by atoms with E-state index in [0.29, 0.717) is 0 Å². The third-order valence-electron chi connectivity index (χ3n) is 3.92. The fourth-order valence-corrected chi connectivity index (χ4v) is 2.45. The van der Waals surface area contributed by atoms with Crippen LogP contribution < -0.4 is 16.6 Å². The van der Waals surface area contributed by atoms with Crippen molar-refractivity contribution in [3.8, 4) is 0 Å². The Balaban J connectivity index is 0.000000342. The van der Waals surface area contributed by atoms with Gasteiger partial charge in [-0.05, 0) is 25.5 Å². The molecule has 0 aliphatic heterocycles. The van der Waals surface area contributed by atoms with Crippen LogP contribution in [0.1, 0.15) is 31.1 Å². The van der Waals surface area contributed by atoms with Gasteiger partial charge in [0, 0.05) is 5.56 Å². The quantitative estimate of drug-likeness (QED) is 0.474. The summed E-state index contributed by atoms with van der Waals surface area (Å²) in [7, 11) is 0. The Morgan fingerprint density at radius 1 is 1.00 bits per heavy atom. The van der Waals surface area contributed by atoms with Crippen molar-refractivity contribution in [1.82, 2.24) is 0 Å². The van der Waals surface area contributed by atoms with Crippen LogP contribution in [0.4, 0.5) is 5.69 Å². The zero-order valence-corrected chi connectivity index (χ0v) is 15.0. The Morgan fingerprint density at radius 3 is 2.15 bits per heavy atom. The fraction of sp³-hybridized carbons (Fsp3) is 0.174. The van der Waals surface area contributed by atoms with Gasteiger partial charge in [0.25, 0.3) is 0 Å². The molecule has 142 valence electrons. The van der Waals surface area contributed by atoms with E-state index in [1.807, 2.05) is 60.7 Å². The van der Waals surface area contributed by atoms with Crippen LogP contribution in [0.3, 0.4) is 0 Å². The van der Waals surface area contributed by atoms with Gasteiger partial charge in [0.05, 0.1) is 17.4 Å². The highest BCUT2D eigenvalue weighted by Gasteiger charge is 2.14. The Kier molecular flexibility index (Phi) is 9.51. The van der Waals surface area contributed by atoms with Gasteiger partial charge in [-0.2, -0.15) is 0 Å². The standard InChI is InChI=1S/C15H19N3.C7H6O.CH4/c1-12-6-5-9-15(14(16)11-10-12)18(17)13-7-3-2-4-8-13;8-6-7-4-2-1-3-5-7;/h2-4,6-11,14H,5,16-17H2,1H3;1-6H;1H4/b11-10?,12-6-,15-9+;;. The number of anilines is 1. The average Bonchev–Trinajstić information content (AvgIpc) is 2.69. The average molecular weight is 364 g/mol. The minimum absolute atomic E-state index is 0. The maximum atomic E-state index is 10.0. The number of para-hydroxylation sites is 1. The van der Waals surface area contributed by atoms with Crippen molar-refractivity contribution in [3.63, 3.8) is 0 Å². The smallest absolute Gasteiger partial charge is 0.150 e. The number of carbonyl (C=O) groups is 1. The zero-order chi connectivity index (χ0) is 18.8. The first-order valence-electron chi connectivity index (χ1n) is 8.52. The number of allylic oxidation sites excluding steroid dienone is 4. The number of aldehydes is 1. The van der Waals surface area contributed by atoms with Crippen molar-refractivity contribution in [3.05, 3.63) is 102 Å². The van der Waals surface area contributed by atoms with Gasteiger partial charge < -0.3 is 5.73 Å². The van der Waals surface area contributed by atoms with Crippen molar-refractivity contribution in [2.75, 3.05) is 5.01 Å². The topological polar surface area (TPSA) is 72.3 Å². The van der Waals surface area contributed by atoms with Crippen LogP contribution in [0.25, 0.3) is 0 Å². The summed E-state index contributed by atoms with van der Waals surface area (Å²) >= 11 is 0. The lowest BCUT2D eigenvalue weighted by atomic mass is 10.1. The number of rotatable bonds is 3. The van der Waals surface area contributed by atoms with Gasteiger partial charge in [0.2, 0.25) is 0 Å². The van der Waals surface area contributed by atoms with Gasteiger partial charge in [-0.25, -0.2) is 5.84 Å². The lowest BCUT2D eigenvalue weighted by molar-refractivity contribution is 0.112. The fourth-order valence-electron chi connectivity index (χ4n) is 2.45. The second kappa shape index (κ2) is 11.6. The van der Waals surface area contributed by atoms with Crippen molar-refractivity contribution in [2.24, 2.45) is 11.6 Å². The Bertz CT molecular complexity index is 780. The van der Waals surface area contributed by atoms with E-state index in [-0.39, 0.29) is 13.5 Å². The normalized spacial score (nSPS) is 19.4. The van der Waals surface area contributed by atoms with Gasteiger partial charge in [-0.15, -0.1) is 0 Å². The molecule has 2 aromatic carbocycles. The molecular weight excluding hydrogens is 334 g/mol. The molecule has 1 unspecified atom stereocenters. The van der Waals surface area contributed by atoms with Crippen LogP contribution >= 0.6 is 0 Å². The van der Waals surface area contributed by atoms with E-state index < -0.39 is 0 Å². The van der Waals surface area contributed by atoms with Crippen molar-refractivity contribution in [2.45, 2.75) is 26.8 Å². The minimum Gasteiger partial charge on any atom is -0.319 e. The van der Waals surface area contributed by atoms with Gasteiger partial charge >= 0.3 is 0 Å². The third kappa shape index (κ3) is 7.05. The zero-order valence-electron chi connectivity index (χ0n) is 15.0. The molecule has 1 atom stereocenters. The highest BCUT2D eigenvalue weighted by molar-refractivity contribution is 5.74. The van der Waals surface area contributed by atoms with Gasteiger partial charge in [-0.1, -0.05) is 85.8 Å². The molecule has 4 N–H and O–H groups in total. The van der Waals surface area contributed by atoms with Crippen LogP contribution in [0.15, 0.2) is 96.2 Å². The van der Waals surface area contributed by atoms with Crippen molar-refractivity contribution < 1.29 is 4.79 Å². The summed E-state index contributed by atoms with van der Waals surface area (Å²) in [5.41, 5.74) is 9.96. The molecule has 4 nitrogen and oxygen atoms in total. The van der Waals surface area contributed by atoms with Gasteiger partial charge in [-0.3, -0.25) is 9.80 Å². The van der Waals surface area contributed by atoms with Gasteiger partial charge in [0.1, 0.15) is 6.29 Å². The monoisotopic (exact) mass is 363 g/mol. The molecular formula is C23H29N3O. The summed E-state index contributed by atoms with van der Waals surface area (Å²) in [4.78, 5) is 10.0. The Labute approximate surface area is 162 Å². The van der Waals surface area contributed by atoms with Crippen molar-refractivity contribution in [1.29, 1.82) is 0 Å². The predicted octanol–water partition coefficient (Wildman–Crippen LogP) is 4.62. The van der Waals surface area contributed by atoms with E-state index in [1.54, 1.807) is 17.1 Å². The molecule has 0 bridgehead atoms. The highest BCUT2D eigenvalue weighted by atomic mass is 16.1. The molecule has 0 amide bonds. The van der Waals surface area contributed by atoms with E-state index >= 15 is 0 Å². The first-order chi connectivity index (χ1) is 12.6. The molecule has 27 heavy (non-hydrogen) atoms. The largest absolute Gasteiger partial charge is 0.319 e. The number of nitrogens with two attached hydrogens (primary N) is 2. The summed E-state index contributed by atoms with van der Waals surface area (Å²) in [5, 5.41) is 1.66. The van der Waals surface area contributed by atoms with Gasteiger partial charge in [0.15, 0.2) is 0 Å². The molecule has 0 aromatic heterocycles. The summed E-state index contributed by atoms with van der Waals surface area (Å²) in [6.45, 7) is 2.07. The van der Waals surface area contributed by atoms with E-state index in [0.717, 1.165) is 29.7 Å². The number of carbonyl (C=O) groups excluding carboxylic acids is 1. The third-order valence-corrected chi connectivity index (χ3v) is 3.92. The molecule has 1 aliphatic rings. The van der Waals surface area contributed by atoms with Crippen LogP contribution in [0.2, 0.25) is 0 Å². The second-order valence-electron chi connectivity index (χ2n) is 5.93. The molecule has 0 fully saturated rings. The van der Waals surface area contributed by atoms with E-state index in [1.165, 1.54) is 5.57 Å². The van der Waals surface area contributed by atoms with Crippen LogP contribution in [0, 0.1) is 0 Å². The lowest BCUT2D eigenvalue weighted by Gasteiger charge is -2.26. The highest BCUT2D eigenvalue weighted by Crippen LogP contribution is 2.19. The minimum atomic E-state index is -0.182. The molecule has 0 spiro atoms. The number of hydrazine groups is 1. The van der Waals surface area contributed by atoms with Crippen molar-refractivity contribution >= 4 is 12.0 Å². The summed E-state index contributed by atoms with van der Waals surface area (Å²) in [5.74, 6) is 6.15. The molecule has 3 rings (SSSR count). The second-order valence-corrected chi connectivity index (χ2v) is 5.93. The summed E-state index contributed by atoms with van der Waals surface area (Å²) in [6, 6.07) is 18.7.